The molecule has 0 aromatic heterocycles. The summed E-state index contributed by atoms with van der Waals surface area (Å²) < 4.78 is 10.9. The molecule has 8 nitrogen and oxygen atoms in total. The van der Waals surface area contributed by atoms with Crippen LogP contribution in [0.4, 0.5) is 4.79 Å². The van der Waals surface area contributed by atoms with Gasteiger partial charge in [-0.05, 0) is 41.5 Å². The smallest absolute Gasteiger partial charge is 0.407 e. The third-order valence-electron chi connectivity index (χ3n) is 6.82. The van der Waals surface area contributed by atoms with E-state index in [9.17, 15) is 14.4 Å². The predicted octanol–water partition coefficient (Wildman–Crippen LogP) is 3.79. The fourth-order valence-corrected chi connectivity index (χ4v) is 4.91. The van der Waals surface area contributed by atoms with E-state index in [-0.39, 0.29) is 43.6 Å². The minimum Gasteiger partial charge on any atom is -0.480 e. The van der Waals surface area contributed by atoms with Crippen molar-refractivity contribution < 1.29 is 29.0 Å². The van der Waals surface area contributed by atoms with Crippen LogP contribution in [0, 0.1) is 0 Å². The lowest BCUT2D eigenvalue weighted by atomic mass is 9.98. The number of carboxylic acid groups (broad SMARTS) is 1. The number of aliphatic carboxylic acids is 1. The van der Waals surface area contributed by atoms with Gasteiger partial charge in [0.2, 0.25) is 5.91 Å². The highest BCUT2D eigenvalue weighted by atomic mass is 16.5. The Balaban J connectivity index is 1.26. The summed E-state index contributed by atoms with van der Waals surface area (Å²) >= 11 is 0. The van der Waals surface area contributed by atoms with Crippen molar-refractivity contribution in [2.24, 2.45) is 0 Å². The van der Waals surface area contributed by atoms with Crippen LogP contribution in [0.5, 0.6) is 0 Å². The lowest BCUT2D eigenvalue weighted by Gasteiger charge is -2.32. The van der Waals surface area contributed by atoms with E-state index in [0.717, 1.165) is 11.1 Å². The molecule has 1 fully saturated rings. The zero-order valence-corrected chi connectivity index (χ0v) is 19.9. The van der Waals surface area contributed by atoms with Gasteiger partial charge in [-0.25, -0.2) is 9.59 Å². The van der Waals surface area contributed by atoms with Crippen LogP contribution in [0.25, 0.3) is 11.1 Å². The minimum absolute atomic E-state index is 0.0144. The number of carbonyl (C=O) groups excluding carboxylic acids is 2. The van der Waals surface area contributed by atoms with Gasteiger partial charge in [0.1, 0.15) is 13.2 Å². The zero-order chi connectivity index (χ0) is 24.8. The standard InChI is InChI=1S/C27H32N2O6/c1-2-18(15-25(30)29-13-11-19(12-14-29)34-17-26(31)32)28-27(33)35-16-24-22-9-5-3-7-20(22)21-8-4-6-10-23(21)24/h3-10,18-19,24H,2,11-17H2,1H3,(H,28,33)(H,31,32). The third-order valence-corrected chi connectivity index (χ3v) is 6.82. The van der Waals surface area contributed by atoms with Crippen molar-refractivity contribution in [2.75, 3.05) is 26.3 Å². The second-order valence-corrected chi connectivity index (χ2v) is 9.06. The van der Waals surface area contributed by atoms with Crippen LogP contribution in [0.1, 0.15) is 49.7 Å². The number of nitrogens with one attached hydrogen (secondary N) is 1. The largest absolute Gasteiger partial charge is 0.480 e. The summed E-state index contributed by atoms with van der Waals surface area (Å²) in [5, 5.41) is 11.6. The fourth-order valence-electron chi connectivity index (χ4n) is 4.91. The topological polar surface area (TPSA) is 105 Å². The maximum atomic E-state index is 12.8. The van der Waals surface area contributed by atoms with Gasteiger partial charge in [-0.15, -0.1) is 0 Å². The number of rotatable bonds is 9. The quantitative estimate of drug-likeness (QED) is 0.566. The third kappa shape index (κ3) is 6.00. The molecule has 0 saturated carbocycles. The van der Waals surface area contributed by atoms with E-state index >= 15 is 0 Å². The van der Waals surface area contributed by atoms with E-state index in [4.69, 9.17) is 14.6 Å². The van der Waals surface area contributed by atoms with Crippen molar-refractivity contribution in [1.29, 1.82) is 0 Å². The Bertz CT molecular complexity index is 1020. The molecule has 2 N–H and O–H groups in total. The van der Waals surface area contributed by atoms with Crippen LogP contribution < -0.4 is 5.32 Å². The van der Waals surface area contributed by atoms with Gasteiger partial charge in [0.15, 0.2) is 0 Å². The molecule has 1 heterocycles. The lowest BCUT2D eigenvalue weighted by molar-refractivity contribution is -0.147. The predicted molar refractivity (Wildman–Crippen MR) is 130 cm³/mol. The van der Waals surface area contributed by atoms with E-state index in [1.807, 2.05) is 31.2 Å². The average molecular weight is 481 g/mol. The number of piperidine rings is 1. The summed E-state index contributed by atoms with van der Waals surface area (Å²) in [6.07, 6.45) is 1.35. The zero-order valence-electron chi connectivity index (χ0n) is 19.9. The number of likely N-dealkylation sites (tertiary alicyclic amines) is 1. The summed E-state index contributed by atoms with van der Waals surface area (Å²) in [5.74, 6) is -1.04. The first-order chi connectivity index (χ1) is 17.0. The molecule has 2 aromatic rings. The number of fused-ring (bicyclic) bond motifs is 3. The molecule has 0 spiro atoms. The maximum Gasteiger partial charge on any atom is 0.407 e. The van der Waals surface area contributed by atoms with Crippen molar-refractivity contribution in [3.63, 3.8) is 0 Å². The van der Waals surface area contributed by atoms with Crippen LogP contribution in [0.2, 0.25) is 0 Å². The Morgan fingerprint density at radius 3 is 2.20 bits per heavy atom. The van der Waals surface area contributed by atoms with Crippen molar-refractivity contribution in [3.8, 4) is 11.1 Å². The van der Waals surface area contributed by atoms with Gasteiger partial charge in [-0.3, -0.25) is 4.79 Å². The first kappa shape index (κ1) is 24.7. The molecule has 35 heavy (non-hydrogen) atoms. The number of ether oxygens (including phenoxy) is 2. The van der Waals surface area contributed by atoms with E-state index in [0.29, 0.717) is 32.4 Å². The Morgan fingerprint density at radius 2 is 1.63 bits per heavy atom. The highest BCUT2D eigenvalue weighted by Crippen LogP contribution is 2.44. The van der Waals surface area contributed by atoms with Gasteiger partial charge in [-0.2, -0.15) is 0 Å². The van der Waals surface area contributed by atoms with E-state index in [2.05, 4.69) is 29.6 Å². The SMILES string of the molecule is CCC(CC(=O)N1CCC(OCC(=O)O)CC1)NC(=O)OCC1c2ccccc2-c2ccccc21. The number of amides is 2. The molecule has 2 aliphatic rings. The van der Waals surface area contributed by atoms with Gasteiger partial charge in [-0.1, -0.05) is 55.5 Å². The van der Waals surface area contributed by atoms with Crippen LogP contribution in [0.15, 0.2) is 48.5 Å². The molecule has 186 valence electrons. The van der Waals surface area contributed by atoms with Crippen molar-refractivity contribution in [2.45, 2.75) is 50.7 Å². The molecule has 0 radical (unpaired) electrons. The molecular weight excluding hydrogens is 448 g/mol. The van der Waals surface area contributed by atoms with Crippen LogP contribution in [-0.2, 0) is 19.1 Å². The Kier molecular flexibility index (Phi) is 8.02. The number of carboxylic acids is 1. The van der Waals surface area contributed by atoms with Gasteiger partial charge in [0.25, 0.3) is 0 Å². The molecule has 4 rings (SSSR count). The molecule has 1 atom stereocenters. The Hall–Kier alpha value is -3.39. The molecule has 1 unspecified atom stereocenters. The van der Waals surface area contributed by atoms with Crippen LogP contribution in [-0.4, -0.2) is 66.4 Å². The van der Waals surface area contributed by atoms with Gasteiger partial charge < -0.3 is 24.8 Å². The highest BCUT2D eigenvalue weighted by Gasteiger charge is 2.30. The summed E-state index contributed by atoms with van der Waals surface area (Å²) in [6, 6.07) is 16.0. The molecule has 1 aliphatic heterocycles. The van der Waals surface area contributed by atoms with Crippen LogP contribution in [0.3, 0.4) is 0 Å². The summed E-state index contributed by atoms with van der Waals surface area (Å²) in [6.45, 7) is 2.87. The molecule has 1 saturated heterocycles. The van der Waals surface area contributed by atoms with Crippen LogP contribution >= 0.6 is 0 Å². The number of benzene rings is 2. The molecule has 0 bridgehead atoms. The van der Waals surface area contributed by atoms with Gasteiger partial charge in [0, 0.05) is 31.5 Å². The number of alkyl carbamates (subject to hydrolysis) is 1. The van der Waals surface area contributed by atoms with E-state index in [1.165, 1.54) is 11.1 Å². The van der Waals surface area contributed by atoms with Crippen molar-refractivity contribution >= 4 is 18.0 Å². The normalized spacial score (nSPS) is 16.3. The monoisotopic (exact) mass is 480 g/mol. The summed E-state index contributed by atoms with van der Waals surface area (Å²) in [5.41, 5.74) is 4.65. The minimum atomic E-state index is -0.992. The van der Waals surface area contributed by atoms with Crippen molar-refractivity contribution in [3.05, 3.63) is 59.7 Å². The average Bonchev–Trinajstić information content (AvgIpc) is 3.19. The number of hydrogen-bond donors (Lipinski definition) is 2. The van der Waals surface area contributed by atoms with Crippen molar-refractivity contribution in [1.82, 2.24) is 10.2 Å². The first-order valence-corrected chi connectivity index (χ1v) is 12.2. The summed E-state index contributed by atoms with van der Waals surface area (Å²) in [4.78, 5) is 37.8. The molecule has 2 aromatic carbocycles. The molecular formula is C27H32N2O6. The number of carbonyl (C=O) groups is 3. The first-order valence-electron chi connectivity index (χ1n) is 12.2. The molecule has 1 aliphatic carbocycles. The number of nitrogens with zero attached hydrogens (tertiary/aromatic N) is 1. The second kappa shape index (κ2) is 11.4. The molecule has 8 heteroatoms. The molecule has 2 amide bonds. The highest BCUT2D eigenvalue weighted by molar-refractivity contribution is 5.79. The van der Waals surface area contributed by atoms with Gasteiger partial charge >= 0.3 is 12.1 Å². The maximum absolute atomic E-state index is 12.8. The second-order valence-electron chi connectivity index (χ2n) is 9.06. The van der Waals surface area contributed by atoms with E-state index in [1.54, 1.807) is 4.90 Å². The summed E-state index contributed by atoms with van der Waals surface area (Å²) in [7, 11) is 0. The number of hydrogen-bond acceptors (Lipinski definition) is 5. The van der Waals surface area contributed by atoms with Gasteiger partial charge in [0.05, 0.1) is 6.10 Å². The lowest BCUT2D eigenvalue weighted by Crippen LogP contribution is -2.45. The van der Waals surface area contributed by atoms with E-state index < -0.39 is 12.1 Å². The Morgan fingerprint density at radius 1 is 1.03 bits per heavy atom. The fraction of sp³-hybridized carbons (Fsp3) is 0.444. The Labute approximate surface area is 205 Å².